The summed E-state index contributed by atoms with van der Waals surface area (Å²) in [5, 5.41) is 4.33. The standard InChI is InChI=1S/C21H21ClN2O3/c1-4-10-27-21-18(22)11-17(12-19(21)26-5-2)14-23-24-20(25)13-16-8-6-15(3)7-9-16/h1,6-9,11-12,14H,5,10,13H2,2-3H3,(H,24,25)/b23-14+. The minimum Gasteiger partial charge on any atom is -0.490 e. The van der Waals surface area contributed by atoms with Gasteiger partial charge in [-0.15, -0.1) is 6.42 Å². The number of aryl methyl sites for hydroxylation is 1. The number of hydrogen-bond acceptors (Lipinski definition) is 4. The van der Waals surface area contributed by atoms with E-state index in [9.17, 15) is 4.79 Å². The fraction of sp³-hybridized carbons (Fsp3) is 0.238. The van der Waals surface area contributed by atoms with Crippen molar-refractivity contribution in [2.75, 3.05) is 13.2 Å². The van der Waals surface area contributed by atoms with Crippen LogP contribution in [0.25, 0.3) is 0 Å². The van der Waals surface area contributed by atoms with E-state index in [2.05, 4.69) is 16.4 Å². The maximum Gasteiger partial charge on any atom is 0.244 e. The first-order valence-electron chi connectivity index (χ1n) is 8.43. The molecule has 0 saturated carbocycles. The zero-order valence-electron chi connectivity index (χ0n) is 15.3. The van der Waals surface area contributed by atoms with E-state index in [-0.39, 0.29) is 18.9 Å². The molecule has 140 valence electrons. The van der Waals surface area contributed by atoms with Gasteiger partial charge in [-0.3, -0.25) is 4.79 Å². The van der Waals surface area contributed by atoms with Crippen molar-refractivity contribution in [1.29, 1.82) is 0 Å². The third kappa shape index (κ3) is 6.36. The van der Waals surface area contributed by atoms with E-state index in [0.717, 1.165) is 11.1 Å². The second kappa shape index (κ2) is 10.2. The molecule has 0 spiro atoms. The number of hydrazone groups is 1. The smallest absolute Gasteiger partial charge is 0.244 e. The molecule has 2 rings (SSSR count). The number of nitrogens with one attached hydrogen (secondary N) is 1. The highest BCUT2D eigenvalue weighted by Crippen LogP contribution is 2.36. The molecule has 0 unspecified atom stereocenters. The third-order valence-corrected chi connectivity index (χ3v) is 3.80. The van der Waals surface area contributed by atoms with E-state index in [1.165, 1.54) is 6.21 Å². The lowest BCUT2D eigenvalue weighted by Gasteiger charge is -2.12. The molecule has 1 N–H and O–H groups in total. The first-order valence-corrected chi connectivity index (χ1v) is 8.81. The Labute approximate surface area is 164 Å². The van der Waals surface area contributed by atoms with Gasteiger partial charge in [0.05, 0.1) is 24.3 Å². The van der Waals surface area contributed by atoms with Crippen LogP contribution in [0.5, 0.6) is 11.5 Å². The predicted molar refractivity (Wildman–Crippen MR) is 108 cm³/mol. The van der Waals surface area contributed by atoms with Gasteiger partial charge >= 0.3 is 0 Å². The average molecular weight is 385 g/mol. The van der Waals surface area contributed by atoms with Crippen molar-refractivity contribution >= 4 is 23.7 Å². The molecule has 0 bridgehead atoms. The molecule has 2 aromatic rings. The van der Waals surface area contributed by atoms with Crippen molar-refractivity contribution in [2.24, 2.45) is 5.10 Å². The topological polar surface area (TPSA) is 59.9 Å². The molecular weight excluding hydrogens is 364 g/mol. The summed E-state index contributed by atoms with van der Waals surface area (Å²) in [6.07, 6.45) is 6.96. The van der Waals surface area contributed by atoms with Gasteiger partial charge in [0.15, 0.2) is 11.5 Å². The third-order valence-electron chi connectivity index (χ3n) is 3.52. The van der Waals surface area contributed by atoms with Gasteiger partial charge in [0, 0.05) is 0 Å². The quantitative estimate of drug-likeness (QED) is 0.428. The summed E-state index contributed by atoms with van der Waals surface area (Å²) >= 11 is 6.24. The zero-order chi connectivity index (χ0) is 19.6. The molecule has 0 aliphatic heterocycles. The lowest BCUT2D eigenvalue weighted by molar-refractivity contribution is -0.120. The van der Waals surface area contributed by atoms with Gasteiger partial charge < -0.3 is 9.47 Å². The van der Waals surface area contributed by atoms with Crippen LogP contribution in [0, 0.1) is 19.3 Å². The molecule has 0 aromatic heterocycles. The second-order valence-electron chi connectivity index (χ2n) is 5.71. The molecule has 0 aliphatic rings. The summed E-state index contributed by atoms with van der Waals surface area (Å²) < 4.78 is 11.0. The number of hydrogen-bond donors (Lipinski definition) is 1. The van der Waals surface area contributed by atoms with E-state index in [1.54, 1.807) is 12.1 Å². The van der Waals surface area contributed by atoms with Crippen molar-refractivity contribution in [3.63, 3.8) is 0 Å². The summed E-state index contributed by atoms with van der Waals surface area (Å²) in [7, 11) is 0. The Bertz CT molecular complexity index is 855. The Balaban J connectivity index is 2.03. The molecule has 0 atom stereocenters. The number of amides is 1. The van der Waals surface area contributed by atoms with Gasteiger partial charge in [0.1, 0.15) is 6.61 Å². The van der Waals surface area contributed by atoms with Crippen LogP contribution in [-0.2, 0) is 11.2 Å². The summed E-state index contributed by atoms with van der Waals surface area (Å²) in [6.45, 7) is 4.38. The van der Waals surface area contributed by atoms with Crippen LogP contribution in [0.1, 0.15) is 23.6 Å². The van der Waals surface area contributed by atoms with Gasteiger partial charge in [-0.05, 0) is 37.1 Å². The largest absolute Gasteiger partial charge is 0.490 e. The monoisotopic (exact) mass is 384 g/mol. The van der Waals surface area contributed by atoms with Crippen molar-refractivity contribution in [3.8, 4) is 23.8 Å². The lowest BCUT2D eigenvalue weighted by Crippen LogP contribution is -2.19. The fourth-order valence-corrected chi connectivity index (χ4v) is 2.56. The van der Waals surface area contributed by atoms with E-state index in [0.29, 0.717) is 28.7 Å². The maximum atomic E-state index is 12.0. The minimum absolute atomic E-state index is 0.0856. The Morgan fingerprint density at radius 1 is 1.30 bits per heavy atom. The zero-order valence-corrected chi connectivity index (χ0v) is 16.0. The molecule has 5 nitrogen and oxygen atoms in total. The molecule has 2 aromatic carbocycles. The van der Waals surface area contributed by atoms with E-state index >= 15 is 0 Å². The fourth-order valence-electron chi connectivity index (χ4n) is 2.29. The molecule has 27 heavy (non-hydrogen) atoms. The van der Waals surface area contributed by atoms with Gasteiger partial charge in [-0.2, -0.15) is 5.10 Å². The normalized spacial score (nSPS) is 10.4. The molecular formula is C21H21ClN2O3. The van der Waals surface area contributed by atoms with Crippen LogP contribution < -0.4 is 14.9 Å². The summed E-state index contributed by atoms with van der Waals surface area (Å²) in [4.78, 5) is 12.0. The average Bonchev–Trinajstić information content (AvgIpc) is 2.63. The van der Waals surface area contributed by atoms with Crippen LogP contribution in [0.4, 0.5) is 0 Å². The van der Waals surface area contributed by atoms with Crippen molar-refractivity contribution < 1.29 is 14.3 Å². The predicted octanol–water partition coefficient (Wildman–Crippen LogP) is 3.75. The molecule has 1 amide bonds. The number of ether oxygens (including phenoxy) is 2. The van der Waals surface area contributed by atoms with Crippen LogP contribution >= 0.6 is 11.6 Å². The van der Waals surface area contributed by atoms with Crippen LogP contribution in [0.15, 0.2) is 41.5 Å². The lowest BCUT2D eigenvalue weighted by atomic mass is 10.1. The van der Waals surface area contributed by atoms with Crippen LogP contribution in [0.3, 0.4) is 0 Å². The molecule has 6 heteroatoms. The molecule has 0 radical (unpaired) electrons. The summed E-state index contributed by atoms with van der Waals surface area (Å²) in [6, 6.07) is 11.1. The second-order valence-corrected chi connectivity index (χ2v) is 6.12. The van der Waals surface area contributed by atoms with E-state index in [4.69, 9.17) is 27.5 Å². The van der Waals surface area contributed by atoms with E-state index in [1.807, 2.05) is 38.1 Å². The van der Waals surface area contributed by atoms with Crippen molar-refractivity contribution in [1.82, 2.24) is 5.43 Å². The maximum absolute atomic E-state index is 12.0. The number of terminal acetylenes is 1. The number of rotatable bonds is 8. The van der Waals surface area contributed by atoms with Gasteiger partial charge in [-0.25, -0.2) is 5.43 Å². The summed E-state index contributed by atoms with van der Waals surface area (Å²) in [5.41, 5.74) is 5.23. The van der Waals surface area contributed by atoms with Crippen molar-refractivity contribution in [2.45, 2.75) is 20.3 Å². The number of benzene rings is 2. The number of carbonyl (C=O) groups is 1. The molecule has 0 aliphatic carbocycles. The van der Waals surface area contributed by atoms with Crippen LogP contribution in [-0.4, -0.2) is 25.3 Å². The highest BCUT2D eigenvalue weighted by atomic mass is 35.5. The highest BCUT2D eigenvalue weighted by Gasteiger charge is 2.12. The number of nitrogens with zero attached hydrogens (tertiary/aromatic N) is 1. The molecule has 0 fully saturated rings. The Hall–Kier alpha value is -2.97. The summed E-state index contributed by atoms with van der Waals surface area (Å²) in [5.74, 6) is 3.03. The Morgan fingerprint density at radius 3 is 2.70 bits per heavy atom. The molecule has 0 heterocycles. The number of carbonyl (C=O) groups excluding carboxylic acids is 1. The van der Waals surface area contributed by atoms with Crippen molar-refractivity contribution in [3.05, 3.63) is 58.1 Å². The minimum atomic E-state index is -0.208. The SMILES string of the molecule is C#CCOc1c(Cl)cc(/C=N/NC(=O)Cc2ccc(C)cc2)cc1OCC. The van der Waals surface area contributed by atoms with Gasteiger partial charge in [-0.1, -0.05) is 47.4 Å². The van der Waals surface area contributed by atoms with Crippen LogP contribution in [0.2, 0.25) is 5.02 Å². The molecule has 0 saturated heterocycles. The Kier molecular flexibility index (Phi) is 7.72. The highest BCUT2D eigenvalue weighted by molar-refractivity contribution is 6.32. The van der Waals surface area contributed by atoms with Gasteiger partial charge in [0.2, 0.25) is 5.91 Å². The Morgan fingerprint density at radius 2 is 2.04 bits per heavy atom. The van der Waals surface area contributed by atoms with E-state index < -0.39 is 0 Å². The van der Waals surface area contributed by atoms with Gasteiger partial charge in [0.25, 0.3) is 0 Å². The number of halogens is 1. The first-order chi connectivity index (χ1) is 13.0. The first kappa shape index (κ1) is 20.3.